The Morgan fingerprint density at radius 3 is 2.37 bits per heavy atom. The van der Waals surface area contributed by atoms with Gasteiger partial charge in [-0.1, -0.05) is 11.6 Å². The fourth-order valence-electron chi connectivity index (χ4n) is 1.44. The van der Waals surface area contributed by atoms with Crippen molar-refractivity contribution in [3.05, 3.63) is 47.3 Å². The van der Waals surface area contributed by atoms with Crippen LogP contribution in [0.1, 0.15) is 30.6 Å². The SMILES string of the molecule is CC(C)=CC[C@@H](NC(=O)c1ccc(F)cc1)C(N)=O. The summed E-state index contributed by atoms with van der Waals surface area (Å²) in [6.07, 6.45) is 2.16. The van der Waals surface area contributed by atoms with E-state index >= 15 is 0 Å². The fourth-order valence-corrected chi connectivity index (χ4v) is 1.44. The third-order valence-corrected chi connectivity index (χ3v) is 2.52. The third kappa shape index (κ3) is 4.91. The Labute approximate surface area is 111 Å². The van der Waals surface area contributed by atoms with Crippen LogP contribution in [0.15, 0.2) is 35.9 Å². The molecule has 0 aliphatic carbocycles. The summed E-state index contributed by atoms with van der Waals surface area (Å²) in [5.41, 5.74) is 6.54. The van der Waals surface area contributed by atoms with Crippen molar-refractivity contribution in [2.75, 3.05) is 0 Å². The smallest absolute Gasteiger partial charge is 0.251 e. The predicted octanol–water partition coefficient (Wildman–Crippen LogP) is 1.77. The summed E-state index contributed by atoms with van der Waals surface area (Å²) in [5.74, 6) is -1.48. The van der Waals surface area contributed by atoms with Crippen molar-refractivity contribution in [3.8, 4) is 0 Å². The van der Waals surface area contributed by atoms with E-state index in [1.54, 1.807) is 0 Å². The summed E-state index contributed by atoms with van der Waals surface area (Å²) in [4.78, 5) is 23.1. The van der Waals surface area contributed by atoms with Crippen molar-refractivity contribution in [2.45, 2.75) is 26.3 Å². The van der Waals surface area contributed by atoms with Gasteiger partial charge < -0.3 is 11.1 Å². The highest BCUT2D eigenvalue weighted by Crippen LogP contribution is 2.04. The topological polar surface area (TPSA) is 72.2 Å². The Morgan fingerprint density at radius 1 is 1.32 bits per heavy atom. The van der Waals surface area contributed by atoms with Gasteiger partial charge in [-0.3, -0.25) is 9.59 Å². The quantitative estimate of drug-likeness (QED) is 0.795. The summed E-state index contributed by atoms with van der Waals surface area (Å²) >= 11 is 0. The third-order valence-electron chi connectivity index (χ3n) is 2.52. The number of amides is 2. The van der Waals surface area contributed by atoms with E-state index in [0.717, 1.165) is 5.57 Å². The maximum Gasteiger partial charge on any atom is 0.251 e. The van der Waals surface area contributed by atoms with Crippen LogP contribution in [0.5, 0.6) is 0 Å². The van der Waals surface area contributed by atoms with Crippen LogP contribution < -0.4 is 11.1 Å². The molecule has 1 aromatic rings. The number of rotatable bonds is 5. The van der Waals surface area contributed by atoms with E-state index in [1.807, 2.05) is 19.9 Å². The van der Waals surface area contributed by atoms with Crippen molar-refractivity contribution in [2.24, 2.45) is 5.73 Å². The van der Waals surface area contributed by atoms with Gasteiger partial charge in [0.25, 0.3) is 5.91 Å². The van der Waals surface area contributed by atoms with Crippen LogP contribution in [-0.2, 0) is 4.79 Å². The molecule has 1 atom stereocenters. The number of allylic oxidation sites excluding steroid dienone is 1. The lowest BCUT2D eigenvalue weighted by Gasteiger charge is -2.14. The van der Waals surface area contributed by atoms with Crippen LogP contribution in [0.25, 0.3) is 0 Å². The molecular formula is C14H17FN2O2. The fraction of sp³-hybridized carbons (Fsp3) is 0.286. The number of benzene rings is 1. The summed E-state index contributed by atoms with van der Waals surface area (Å²) in [5, 5.41) is 2.53. The Kier molecular flexibility index (Phi) is 5.23. The van der Waals surface area contributed by atoms with Crippen molar-refractivity contribution in [1.29, 1.82) is 0 Å². The lowest BCUT2D eigenvalue weighted by atomic mass is 10.1. The van der Waals surface area contributed by atoms with E-state index in [-0.39, 0.29) is 5.56 Å². The van der Waals surface area contributed by atoms with Gasteiger partial charge >= 0.3 is 0 Å². The van der Waals surface area contributed by atoms with Crippen LogP contribution in [0.3, 0.4) is 0 Å². The Hall–Kier alpha value is -2.17. The number of carbonyl (C=O) groups excluding carboxylic acids is 2. The molecule has 1 aromatic carbocycles. The van der Waals surface area contributed by atoms with E-state index in [1.165, 1.54) is 24.3 Å². The Balaban J connectivity index is 2.74. The number of nitrogens with two attached hydrogens (primary N) is 1. The molecule has 1 rings (SSSR count). The second kappa shape index (κ2) is 6.68. The highest BCUT2D eigenvalue weighted by Gasteiger charge is 2.17. The average molecular weight is 264 g/mol. The summed E-state index contributed by atoms with van der Waals surface area (Å²) in [6.45, 7) is 3.78. The summed E-state index contributed by atoms with van der Waals surface area (Å²) < 4.78 is 12.7. The molecule has 0 unspecified atom stereocenters. The molecule has 0 spiro atoms. The first-order chi connectivity index (χ1) is 8.90. The van der Waals surface area contributed by atoms with Crippen molar-refractivity contribution < 1.29 is 14.0 Å². The van der Waals surface area contributed by atoms with Gasteiger partial charge in [0.05, 0.1) is 0 Å². The zero-order valence-corrected chi connectivity index (χ0v) is 10.9. The largest absolute Gasteiger partial charge is 0.368 e. The molecule has 19 heavy (non-hydrogen) atoms. The van der Waals surface area contributed by atoms with Gasteiger partial charge in [0.15, 0.2) is 0 Å². The average Bonchev–Trinajstić information content (AvgIpc) is 2.34. The first-order valence-electron chi connectivity index (χ1n) is 5.89. The molecule has 0 radical (unpaired) electrons. The summed E-state index contributed by atoms with van der Waals surface area (Å²) in [6, 6.07) is 4.30. The highest BCUT2D eigenvalue weighted by molar-refractivity contribution is 5.97. The minimum Gasteiger partial charge on any atom is -0.368 e. The van der Waals surface area contributed by atoms with Gasteiger partial charge in [-0.05, 0) is 44.5 Å². The zero-order valence-electron chi connectivity index (χ0n) is 10.9. The molecule has 0 fully saturated rings. The van der Waals surface area contributed by atoms with Crippen molar-refractivity contribution in [1.82, 2.24) is 5.32 Å². The maximum absolute atomic E-state index is 12.7. The molecule has 5 heteroatoms. The van der Waals surface area contributed by atoms with Crippen LogP contribution in [-0.4, -0.2) is 17.9 Å². The first-order valence-corrected chi connectivity index (χ1v) is 5.89. The minimum atomic E-state index is -0.771. The van der Waals surface area contributed by atoms with Crippen LogP contribution in [0.4, 0.5) is 4.39 Å². The lowest BCUT2D eigenvalue weighted by Crippen LogP contribution is -2.44. The molecule has 0 heterocycles. The zero-order chi connectivity index (χ0) is 14.4. The Morgan fingerprint density at radius 2 is 1.89 bits per heavy atom. The van der Waals surface area contributed by atoms with Gasteiger partial charge in [0, 0.05) is 5.56 Å². The number of primary amides is 1. The molecule has 0 aliphatic rings. The molecule has 3 N–H and O–H groups in total. The van der Waals surface area contributed by atoms with E-state index in [9.17, 15) is 14.0 Å². The summed E-state index contributed by atoms with van der Waals surface area (Å²) in [7, 11) is 0. The van der Waals surface area contributed by atoms with Gasteiger partial charge in [-0.25, -0.2) is 4.39 Å². The van der Waals surface area contributed by atoms with E-state index in [4.69, 9.17) is 5.73 Å². The second-order valence-corrected chi connectivity index (χ2v) is 4.45. The number of nitrogens with one attached hydrogen (secondary N) is 1. The minimum absolute atomic E-state index is 0.282. The normalized spacial score (nSPS) is 11.5. The molecule has 0 saturated heterocycles. The van der Waals surface area contributed by atoms with E-state index in [2.05, 4.69) is 5.32 Å². The van der Waals surface area contributed by atoms with Crippen molar-refractivity contribution >= 4 is 11.8 Å². The van der Waals surface area contributed by atoms with Gasteiger partial charge in [-0.2, -0.15) is 0 Å². The first kappa shape index (κ1) is 14.9. The van der Waals surface area contributed by atoms with Gasteiger partial charge in [0.2, 0.25) is 5.91 Å². The molecule has 2 amide bonds. The van der Waals surface area contributed by atoms with Crippen LogP contribution in [0.2, 0.25) is 0 Å². The van der Waals surface area contributed by atoms with E-state index in [0.29, 0.717) is 6.42 Å². The molecule has 4 nitrogen and oxygen atoms in total. The molecule has 0 bridgehead atoms. The standard InChI is InChI=1S/C14H17FN2O2/c1-9(2)3-8-12(13(16)18)17-14(19)10-4-6-11(15)7-5-10/h3-7,12H,8H2,1-2H3,(H2,16,18)(H,17,19)/t12-/m1/s1. The maximum atomic E-state index is 12.7. The number of carbonyl (C=O) groups is 2. The van der Waals surface area contributed by atoms with Crippen LogP contribution >= 0.6 is 0 Å². The van der Waals surface area contributed by atoms with E-state index < -0.39 is 23.7 Å². The molecular weight excluding hydrogens is 247 g/mol. The monoisotopic (exact) mass is 264 g/mol. The molecule has 0 saturated carbocycles. The lowest BCUT2D eigenvalue weighted by molar-refractivity contribution is -0.119. The number of hydrogen-bond donors (Lipinski definition) is 2. The Bertz CT molecular complexity index is 491. The second-order valence-electron chi connectivity index (χ2n) is 4.45. The number of hydrogen-bond acceptors (Lipinski definition) is 2. The van der Waals surface area contributed by atoms with Crippen LogP contribution in [0, 0.1) is 5.82 Å². The number of halogens is 1. The highest BCUT2D eigenvalue weighted by atomic mass is 19.1. The van der Waals surface area contributed by atoms with Crippen molar-refractivity contribution in [3.63, 3.8) is 0 Å². The molecule has 0 aliphatic heterocycles. The molecule has 0 aromatic heterocycles. The van der Waals surface area contributed by atoms with Gasteiger partial charge in [0.1, 0.15) is 11.9 Å². The predicted molar refractivity (Wildman–Crippen MR) is 70.9 cm³/mol. The molecule has 102 valence electrons. The van der Waals surface area contributed by atoms with Gasteiger partial charge in [-0.15, -0.1) is 0 Å².